The number of hydrogen-bond acceptors (Lipinski definition) is 3. The average molecular weight is 317 g/mol. The molecule has 2 heterocycles. The van der Waals surface area contributed by atoms with Crippen LogP contribution in [0.25, 0.3) is 10.9 Å². The lowest BCUT2D eigenvalue weighted by molar-refractivity contribution is 0.0616. The highest BCUT2D eigenvalue weighted by Gasteiger charge is 2.26. The first-order valence-corrected chi connectivity index (χ1v) is 7.42. The number of benzene rings is 1. The van der Waals surface area contributed by atoms with Crippen molar-refractivity contribution in [3.63, 3.8) is 0 Å². The van der Waals surface area contributed by atoms with Gasteiger partial charge in [0.1, 0.15) is 11.4 Å². The van der Waals surface area contributed by atoms with Crippen molar-refractivity contribution in [1.29, 1.82) is 0 Å². The molecular weight excluding hydrogens is 298 g/mol. The highest BCUT2D eigenvalue weighted by Crippen LogP contribution is 2.24. The van der Waals surface area contributed by atoms with Crippen LogP contribution in [0, 0.1) is 0 Å². The number of ether oxygens (including phenoxy) is 1. The summed E-state index contributed by atoms with van der Waals surface area (Å²) < 4.78 is 7.08. The minimum Gasteiger partial charge on any atom is -0.497 e. The summed E-state index contributed by atoms with van der Waals surface area (Å²) in [6.45, 7) is 1.52. The van der Waals surface area contributed by atoms with Crippen LogP contribution in [-0.2, 0) is 7.05 Å². The molecule has 1 aliphatic rings. The number of carbonyl (C=O) groups excluding carboxylic acids is 1. The fourth-order valence-corrected chi connectivity index (χ4v) is 2.90. The molecule has 1 aliphatic heterocycles. The first-order chi connectivity index (χ1) is 11.0. The highest BCUT2D eigenvalue weighted by molar-refractivity contribution is 5.99. The SMILES string of the molecule is COc1ccc2cc(C(=O)N3CCN(C(=O)O)CC3)n(C)c2c1. The van der Waals surface area contributed by atoms with E-state index in [2.05, 4.69) is 0 Å². The Hall–Kier alpha value is -2.70. The Labute approximate surface area is 133 Å². The molecule has 0 bridgehead atoms. The molecule has 0 saturated carbocycles. The number of carboxylic acid groups (broad SMARTS) is 1. The van der Waals surface area contributed by atoms with Gasteiger partial charge < -0.3 is 24.2 Å². The molecule has 1 aromatic heterocycles. The molecule has 0 atom stereocenters. The van der Waals surface area contributed by atoms with Crippen LogP contribution in [0.15, 0.2) is 24.3 Å². The van der Waals surface area contributed by atoms with E-state index in [9.17, 15) is 9.59 Å². The van der Waals surface area contributed by atoms with Crippen molar-refractivity contribution in [2.24, 2.45) is 7.05 Å². The predicted octanol–water partition coefficient (Wildman–Crippen LogP) is 1.62. The van der Waals surface area contributed by atoms with E-state index < -0.39 is 6.09 Å². The molecule has 1 fully saturated rings. The van der Waals surface area contributed by atoms with E-state index in [1.54, 1.807) is 12.0 Å². The van der Waals surface area contributed by atoms with Crippen molar-refractivity contribution in [3.8, 4) is 5.75 Å². The molecule has 1 N–H and O–H groups in total. The Morgan fingerprint density at radius 2 is 1.74 bits per heavy atom. The zero-order valence-electron chi connectivity index (χ0n) is 13.2. The average Bonchev–Trinajstić information content (AvgIpc) is 2.90. The van der Waals surface area contributed by atoms with Gasteiger partial charge in [-0.15, -0.1) is 0 Å². The summed E-state index contributed by atoms with van der Waals surface area (Å²) in [5.74, 6) is 0.667. The number of piperazine rings is 1. The summed E-state index contributed by atoms with van der Waals surface area (Å²) in [4.78, 5) is 26.7. The molecule has 122 valence electrons. The highest BCUT2D eigenvalue weighted by atomic mass is 16.5. The van der Waals surface area contributed by atoms with Crippen LogP contribution in [0.1, 0.15) is 10.5 Å². The fraction of sp³-hybridized carbons (Fsp3) is 0.375. The van der Waals surface area contributed by atoms with Gasteiger partial charge in [0.25, 0.3) is 5.91 Å². The van der Waals surface area contributed by atoms with Crippen LogP contribution in [-0.4, -0.2) is 64.8 Å². The first-order valence-electron chi connectivity index (χ1n) is 7.42. The van der Waals surface area contributed by atoms with E-state index in [0.717, 1.165) is 16.7 Å². The van der Waals surface area contributed by atoms with Gasteiger partial charge in [-0.05, 0) is 18.2 Å². The Morgan fingerprint density at radius 3 is 2.35 bits per heavy atom. The summed E-state index contributed by atoms with van der Waals surface area (Å²) in [7, 11) is 3.46. The largest absolute Gasteiger partial charge is 0.497 e. The number of nitrogens with zero attached hydrogens (tertiary/aromatic N) is 3. The number of amides is 2. The molecule has 0 aliphatic carbocycles. The molecule has 0 spiro atoms. The van der Waals surface area contributed by atoms with Crippen LogP contribution in [0.2, 0.25) is 0 Å². The van der Waals surface area contributed by atoms with Gasteiger partial charge in [-0.2, -0.15) is 0 Å². The Balaban J connectivity index is 1.84. The molecule has 1 saturated heterocycles. The lowest BCUT2D eigenvalue weighted by Gasteiger charge is -2.33. The maximum atomic E-state index is 12.7. The minimum atomic E-state index is -0.936. The number of hydrogen-bond donors (Lipinski definition) is 1. The van der Waals surface area contributed by atoms with E-state index in [4.69, 9.17) is 9.84 Å². The third-order valence-electron chi connectivity index (χ3n) is 4.31. The Bertz CT molecular complexity index is 760. The summed E-state index contributed by atoms with van der Waals surface area (Å²) in [5, 5.41) is 9.95. The van der Waals surface area contributed by atoms with Gasteiger partial charge in [-0.3, -0.25) is 4.79 Å². The first kappa shape index (κ1) is 15.2. The van der Waals surface area contributed by atoms with E-state index in [1.807, 2.05) is 35.9 Å². The van der Waals surface area contributed by atoms with E-state index in [-0.39, 0.29) is 5.91 Å². The summed E-state index contributed by atoms with van der Waals surface area (Å²) in [5.41, 5.74) is 1.52. The number of rotatable bonds is 2. The van der Waals surface area contributed by atoms with Gasteiger partial charge in [0.2, 0.25) is 0 Å². The van der Waals surface area contributed by atoms with Gasteiger partial charge in [0.15, 0.2) is 0 Å². The lowest BCUT2D eigenvalue weighted by atomic mass is 10.2. The van der Waals surface area contributed by atoms with Crippen LogP contribution < -0.4 is 4.74 Å². The number of carbonyl (C=O) groups is 2. The second kappa shape index (κ2) is 5.83. The molecule has 2 aromatic rings. The Morgan fingerprint density at radius 1 is 1.09 bits per heavy atom. The number of methoxy groups -OCH3 is 1. The molecule has 7 nitrogen and oxygen atoms in total. The Kier molecular flexibility index (Phi) is 3.85. The number of aromatic nitrogens is 1. The summed E-state index contributed by atoms with van der Waals surface area (Å²) in [6, 6.07) is 7.55. The standard InChI is InChI=1S/C16H19N3O4/c1-17-13-10-12(23-2)4-3-11(13)9-14(17)15(20)18-5-7-19(8-6-18)16(21)22/h3-4,9-10H,5-8H2,1-2H3,(H,21,22). The zero-order valence-corrected chi connectivity index (χ0v) is 13.2. The van der Waals surface area contributed by atoms with E-state index in [1.165, 1.54) is 4.90 Å². The second-order valence-corrected chi connectivity index (χ2v) is 5.58. The third-order valence-corrected chi connectivity index (χ3v) is 4.31. The van der Waals surface area contributed by atoms with Crippen molar-refractivity contribution >= 4 is 22.9 Å². The van der Waals surface area contributed by atoms with E-state index >= 15 is 0 Å². The van der Waals surface area contributed by atoms with Gasteiger partial charge in [0.05, 0.1) is 12.6 Å². The van der Waals surface area contributed by atoms with Crippen LogP contribution in [0.4, 0.5) is 4.79 Å². The molecular formula is C16H19N3O4. The predicted molar refractivity (Wildman–Crippen MR) is 85.0 cm³/mol. The van der Waals surface area contributed by atoms with Crippen LogP contribution in [0.5, 0.6) is 5.75 Å². The van der Waals surface area contributed by atoms with Crippen molar-refractivity contribution < 1.29 is 19.4 Å². The summed E-state index contributed by atoms with van der Waals surface area (Å²) in [6.07, 6.45) is -0.936. The van der Waals surface area contributed by atoms with E-state index in [0.29, 0.717) is 31.9 Å². The third kappa shape index (κ3) is 2.69. The minimum absolute atomic E-state index is 0.0762. The van der Waals surface area contributed by atoms with Crippen molar-refractivity contribution in [3.05, 3.63) is 30.0 Å². The van der Waals surface area contributed by atoms with Crippen molar-refractivity contribution in [1.82, 2.24) is 14.4 Å². The van der Waals surface area contributed by atoms with Gasteiger partial charge in [0, 0.05) is 44.7 Å². The topological polar surface area (TPSA) is 75.0 Å². The number of aryl methyl sites for hydroxylation is 1. The van der Waals surface area contributed by atoms with Gasteiger partial charge >= 0.3 is 6.09 Å². The smallest absolute Gasteiger partial charge is 0.407 e. The molecule has 7 heteroatoms. The van der Waals surface area contributed by atoms with Crippen molar-refractivity contribution in [2.45, 2.75) is 0 Å². The molecule has 1 aromatic carbocycles. The summed E-state index contributed by atoms with van der Waals surface area (Å²) >= 11 is 0. The quantitative estimate of drug-likeness (QED) is 0.913. The molecule has 0 radical (unpaired) electrons. The van der Waals surface area contributed by atoms with Crippen LogP contribution in [0.3, 0.4) is 0 Å². The van der Waals surface area contributed by atoms with Gasteiger partial charge in [-0.1, -0.05) is 0 Å². The van der Waals surface area contributed by atoms with Crippen molar-refractivity contribution in [2.75, 3.05) is 33.3 Å². The maximum absolute atomic E-state index is 12.7. The molecule has 2 amide bonds. The molecule has 3 rings (SSSR count). The second-order valence-electron chi connectivity index (χ2n) is 5.58. The molecule has 23 heavy (non-hydrogen) atoms. The monoisotopic (exact) mass is 317 g/mol. The normalized spacial score (nSPS) is 15.0. The lowest BCUT2D eigenvalue weighted by Crippen LogP contribution is -2.50. The zero-order chi connectivity index (χ0) is 16.6. The number of fused-ring (bicyclic) bond motifs is 1. The van der Waals surface area contributed by atoms with Crippen LogP contribution >= 0.6 is 0 Å². The fourth-order valence-electron chi connectivity index (χ4n) is 2.90. The molecule has 0 unspecified atom stereocenters. The maximum Gasteiger partial charge on any atom is 0.407 e. The van der Waals surface area contributed by atoms with Gasteiger partial charge in [-0.25, -0.2) is 4.79 Å².